The molecule has 1 rings (SSSR count). The van der Waals surface area contributed by atoms with Crippen molar-refractivity contribution in [3.8, 4) is 0 Å². The molecule has 0 heterocycles. The van der Waals surface area contributed by atoms with Gasteiger partial charge >= 0.3 is 139 Å². The first kappa shape index (κ1) is 18.1. The molecular formula is C14H11ClF3O2Sn+. The summed E-state index contributed by atoms with van der Waals surface area (Å²) in [6.07, 6.45) is -4.75. The van der Waals surface area contributed by atoms with Crippen LogP contribution in [0.3, 0.4) is 0 Å². The summed E-state index contributed by atoms with van der Waals surface area (Å²) in [5, 5.41) is 0.189. The van der Waals surface area contributed by atoms with E-state index in [1.54, 1.807) is 12.1 Å². The predicted molar refractivity (Wildman–Crippen MR) is 76.0 cm³/mol. The Labute approximate surface area is 138 Å². The fraction of sp³-hybridized carbons (Fsp3) is 0.214. The molecule has 0 aliphatic rings. The van der Waals surface area contributed by atoms with Gasteiger partial charge in [0.25, 0.3) is 0 Å². The molecule has 0 spiro atoms. The monoisotopic (exact) mass is 423 g/mol. The Hall–Kier alpha value is -0.951. The van der Waals surface area contributed by atoms with E-state index < -0.39 is 15.7 Å². The van der Waals surface area contributed by atoms with E-state index >= 15 is 0 Å². The number of ether oxygens (including phenoxy) is 1. The van der Waals surface area contributed by atoms with Crippen LogP contribution in [0.4, 0.5) is 13.2 Å². The number of allylic oxidation sites excluding steroid dienone is 2. The van der Waals surface area contributed by atoms with Crippen molar-refractivity contribution in [3.05, 3.63) is 50.6 Å². The number of benzene rings is 1. The van der Waals surface area contributed by atoms with Gasteiger partial charge in [-0.25, -0.2) is 0 Å². The summed E-state index contributed by atoms with van der Waals surface area (Å²) in [4.78, 5) is 11.4. The normalized spacial score (nSPS) is 12.6. The third-order valence-electron chi connectivity index (χ3n) is 2.65. The molecule has 2 nitrogen and oxygen atoms in total. The molecule has 1 aromatic rings. The van der Waals surface area contributed by atoms with Gasteiger partial charge in [0.2, 0.25) is 0 Å². The molecule has 0 saturated carbocycles. The second kappa shape index (κ2) is 7.35. The third-order valence-corrected chi connectivity index (χ3v) is 4.65. The molecule has 110 valence electrons. The Bertz CT molecular complexity index is 594. The van der Waals surface area contributed by atoms with Gasteiger partial charge in [0, 0.05) is 0 Å². The van der Waals surface area contributed by atoms with Gasteiger partial charge in [-0.3, -0.25) is 0 Å². The number of carbonyl (C=O) groups excluding carboxylic acids is 1. The summed E-state index contributed by atoms with van der Waals surface area (Å²) in [5.41, 5.74) is 0.131. The fourth-order valence-electron chi connectivity index (χ4n) is 1.63. The van der Waals surface area contributed by atoms with Crippen molar-refractivity contribution in [2.45, 2.75) is 12.6 Å². The molecular weight excluding hydrogens is 411 g/mol. The van der Waals surface area contributed by atoms with E-state index in [0.29, 0.717) is 0 Å². The van der Waals surface area contributed by atoms with E-state index in [9.17, 15) is 18.0 Å². The van der Waals surface area contributed by atoms with Crippen LogP contribution in [0.2, 0.25) is 5.02 Å². The molecule has 0 saturated heterocycles. The molecule has 2 radical (unpaired) electrons. The summed E-state index contributed by atoms with van der Waals surface area (Å²) >= 11 is 6.16. The van der Waals surface area contributed by atoms with Crippen molar-refractivity contribution < 1.29 is 22.7 Å². The van der Waals surface area contributed by atoms with Gasteiger partial charge in [0.1, 0.15) is 0 Å². The van der Waals surface area contributed by atoms with Gasteiger partial charge in [-0.05, 0) is 0 Å². The molecule has 7 heteroatoms. The number of methoxy groups -OCH3 is 1. The Balaban J connectivity index is 3.36. The molecule has 0 N–H and O–H groups in total. The van der Waals surface area contributed by atoms with E-state index in [1.165, 1.54) is 12.1 Å². The van der Waals surface area contributed by atoms with Crippen molar-refractivity contribution in [1.29, 1.82) is 0 Å². The van der Waals surface area contributed by atoms with E-state index in [0.717, 1.165) is 7.11 Å². The first-order valence-corrected chi connectivity index (χ1v) is 7.52. The van der Waals surface area contributed by atoms with Crippen LogP contribution >= 0.6 is 11.6 Å². The molecule has 0 aliphatic heterocycles. The number of alkyl halides is 3. The van der Waals surface area contributed by atoms with Crippen LogP contribution in [0.1, 0.15) is 12.0 Å². The summed E-state index contributed by atoms with van der Waals surface area (Å²) in [6, 6.07) is 6.19. The van der Waals surface area contributed by atoms with Crippen molar-refractivity contribution in [1.82, 2.24) is 0 Å². The van der Waals surface area contributed by atoms with E-state index in [4.69, 9.17) is 11.6 Å². The molecule has 0 aliphatic carbocycles. The molecule has 0 fully saturated rings. The average Bonchev–Trinajstić information content (AvgIpc) is 2.42. The Morgan fingerprint density at radius 2 is 1.95 bits per heavy atom. The number of esters is 1. The second-order valence-electron chi connectivity index (χ2n) is 4.10. The quantitative estimate of drug-likeness (QED) is 0.418. The van der Waals surface area contributed by atoms with Gasteiger partial charge in [-0.15, -0.1) is 0 Å². The number of halogens is 4. The van der Waals surface area contributed by atoms with E-state index in [-0.39, 0.29) is 50.7 Å². The predicted octanol–water partition coefficient (Wildman–Crippen LogP) is 3.90. The molecule has 0 unspecified atom stereocenters. The number of hydrogen-bond acceptors (Lipinski definition) is 2. The van der Waals surface area contributed by atoms with E-state index in [1.807, 2.05) is 0 Å². The number of hydrogen-bond donors (Lipinski definition) is 0. The average molecular weight is 422 g/mol. The minimum absolute atomic E-state index is 0.0540. The second-order valence-corrected chi connectivity index (χ2v) is 5.94. The van der Waals surface area contributed by atoms with Crippen molar-refractivity contribution >= 4 is 45.7 Å². The number of carbonyl (C=O) groups is 1. The topological polar surface area (TPSA) is 26.3 Å². The molecule has 21 heavy (non-hydrogen) atoms. The molecule has 0 amide bonds. The standard InChI is InChI=1S/C14H11ClF3O2.Sn/c1-9(13(19)20-2)7-10(8-14(16,17)18)11-5-3-4-6-12(11)15;/h3-6H,1,7H2,2H3;/q;+1. The summed E-state index contributed by atoms with van der Waals surface area (Å²) in [5.74, 6) is -0.745. The molecule has 0 aromatic heterocycles. The van der Waals surface area contributed by atoms with Gasteiger partial charge in [-0.2, -0.15) is 0 Å². The van der Waals surface area contributed by atoms with Crippen LogP contribution in [-0.4, -0.2) is 41.8 Å². The molecule has 0 atom stereocenters. The maximum absolute atomic E-state index is 13.0. The first-order valence-electron chi connectivity index (χ1n) is 5.71. The van der Waals surface area contributed by atoms with Gasteiger partial charge in [-0.1, -0.05) is 0 Å². The maximum atomic E-state index is 13.0. The molecule has 1 aromatic carbocycles. The third kappa shape index (κ3) is 4.78. The Kier molecular flexibility index (Phi) is 6.34. The van der Waals surface area contributed by atoms with Gasteiger partial charge in [0.05, 0.1) is 0 Å². The number of rotatable bonds is 4. The summed E-state index contributed by atoms with van der Waals surface area (Å²) in [7, 11) is 1.15. The molecule has 0 bridgehead atoms. The van der Waals surface area contributed by atoms with E-state index in [2.05, 4.69) is 11.3 Å². The van der Waals surface area contributed by atoms with Gasteiger partial charge in [0.15, 0.2) is 0 Å². The zero-order chi connectivity index (χ0) is 16.2. The Morgan fingerprint density at radius 1 is 1.38 bits per heavy atom. The van der Waals surface area contributed by atoms with Gasteiger partial charge < -0.3 is 0 Å². The van der Waals surface area contributed by atoms with Crippen molar-refractivity contribution in [2.75, 3.05) is 7.11 Å². The van der Waals surface area contributed by atoms with Crippen molar-refractivity contribution in [3.63, 3.8) is 0 Å². The SMILES string of the molecule is C=C(C/C(=[C](/[Sn+])C(F)(F)F)c1ccccc1Cl)C(=O)OC. The van der Waals surface area contributed by atoms with Crippen LogP contribution in [0, 0.1) is 0 Å². The Morgan fingerprint density at radius 3 is 2.43 bits per heavy atom. The van der Waals surface area contributed by atoms with Crippen LogP contribution in [-0.2, 0) is 9.53 Å². The fourth-order valence-corrected chi connectivity index (χ4v) is 2.51. The first-order chi connectivity index (χ1) is 9.68. The van der Waals surface area contributed by atoms with Crippen molar-refractivity contribution in [2.24, 2.45) is 0 Å². The van der Waals surface area contributed by atoms with Crippen LogP contribution in [0.25, 0.3) is 5.57 Å². The summed E-state index contributed by atoms with van der Waals surface area (Å²) in [6.45, 7) is 3.48. The summed E-state index contributed by atoms with van der Waals surface area (Å²) < 4.78 is 42.8. The zero-order valence-electron chi connectivity index (χ0n) is 11.1. The minimum atomic E-state index is -4.48. The van der Waals surface area contributed by atoms with Crippen LogP contribution in [0.15, 0.2) is 40.0 Å². The van der Waals surface area contributed by atoms with Crippen LogP contribution < -0.4 is 0 Å². The zero-order valence-corrected chi connectivity index (χ0v) is 14.7. The van der Waals surface area contributed by atoms with Crippen LogP contribution in [0.5, 0.6) is 0 Å².